The van der Waals surface area contributed by atoms with Crippen molar-refractivity contribution in [3.05, 3.63) is 71.1 Å². The minimum atomic E-state index is -0.454. The van der Waals surface area contributed by atoms with Crippen molar-refractivity contribution in [2.24, 2.45) is 0 Å². The van der Waals surface area contributed by atoms with E-state index in [0.29, 0.717) is 5.75 Å². The molecular formula is C16H14OS. The Labute approximate surface area is 110 Å². The second kappa shape index (κ2) is 4.83. The van der Waals surface area contributed by atoms with Crippen LogP contribution in [0.4, 0.5) is 0 Å². The lowest BCUT2D eigenvalue weighted by atomic mass is 10.2. The lowest BCUT2D eigenvalue weighted by molar-refractivity contribution is 0.102. The van der Waals surface area contributed by atoms with Crippen molar-refractivity contribution < 1.29 is 4.79 Å². The monoisotopic (exact) mass is 254 g/mol. The SMILES string of the molecule is O=C(C[SH]1C=Cc2ccccc21)c1ccccc1. The summed E-state index contributed by atoms with van der Waals surface area (Å²) < 4.78 is 0. The summed E-state index contributed by atoms with van der Waals surface area (Å²) in [7, 11) is -0.454. The van der Waals surface area contributed by atoms with Gasteiger partial charge in [-0.2, -0.15) is 10.9 Å². The van der Waals surface area contributed by atoms with Crippen molar-refractivity contribution in [1.82, 2.24) is 0 Å². The van der Waals surface area contributed by atoms with E-state index in [2.05, 4.69) is 23.6 Å². The molecule has 0 bridgehead atoms. The Hall–Kier alpha value is -1.80. The normalized spacial score (nSPS) is 18.6. The van der Waals surface area contributed by atoms with Crippen LogP contribution in [0.2, 0.25) is 0 Å². The van der Waals surface area contributed by atoms with Crippen LogP contribution in [-0.2, 0) is 0 Å². The van der Waals surface area contributed by atoms with Crippen LogP contribution in [0.1, 0.15) is 15.9 Å². The Balaban J connectivity index is 1.80. The van der Waals surface area contributed by atoms with Crippen LogP contribution >= 0.6 is 10.9 Å². The number of fused-ring (bicyclic) bond motifs is 1. The molecule has 0 aromatic heterocycles. The maximum absolute atomic E-state index is 12.2. The van der Waals surface area contributed by atoms with E-state index >= 15 is 0 Å². The van der Waals surface area contributed by atoms with Gasteiger partial charge in [-0.25, -0.2) is 0 Å². The fourth-order valence-corrected chi connectivity index (χ4v) is 4.18. The molecule has 1 unspecified atom stereocenters. The molecule has 0 spiro atoms. The highest BCUT2D eigenvalue weighted by molar-refractivity contribution is 8.20. The molecule has 0 N–H and O–H groups in total. The number of ketones is 1. The summed E-state index contributed by atoms with van der Waals surface area (Å²) in [5, 5.41) is 2.20. The lowest BCUT2D eigenvalue weighted by Crippen LogP contribution is -2.04. The summed E-state index contributed by atoms with van der Waals surface area (Å²) in [6.07, 6.45) is 2.14. The van der Waals surface area contributed by atoms with Crippen LogP contribution in [0.3, 0.4) is 0 Å². The van der Waals surface area contributed by atoms with Gasteiger partial charge in [0.2, 0.25) is 0 Å². The van der Waals surface area contributed by atoms with E-state index in [1.54, 1.807) is 0 Å². The summed E-state index contributed by atoms with van der Waals surface area (Å²) in [6, 6.07) is 17.9. The number of rotatable bonds is 3. The number of Topliss-reactive ketones (excluding diaryl/α,β-unsaturated/α-hetero) is 1. The highest BCUT2D eigenvalue weighted by Gasteiger charge is 2.17. The fourth-order valence-electron chi connectivity index (χ4n) is 2.15. The van der Waals surface area contributed by atoms with E-state index in [0.717, 1.165) is 5.56 Å². The Kier molecular flexibility index (Phi) is 3.03. The molecule has 3 rings (SSSR count). The number of benzene rings is 2. The molecule has 90 valence electrons. The molecule has 1 nitrogen and oxygen atoms in total. The molecule has 2 heteroatoms. The van der Waals surface area contributed by atoms with E-state index < -0.39 is 10.9 Å². The summed E-state index contributed by atoms with van der Waals surface area (Å²) in [5.41, 5.74) is 2.09. The molecule has 1 aliphatic rings. The maximum atomic E-state index is 12.2. The van der Waals surface area contributed by atoms with Crippen molar-refractivity contribution >= 4 is 22.8 Å². The standard InChI is InChI=1S/C16H14OS/c17-15(13-6-2-1-3-7-13)12-18-11-10-14-8-4-5-9-16(14)18/h1-11,18H,12H2. The van der Waals surface area contributed by atoms with E-state index in [9.17, 15) is 4.79 Å². The Bertz CT molecular complexity index is 602. The molecule has 2 aromatic carbocycles. The first-order valence-corrected chi connectivity index (χ1v) is 7.56. The highest BCUT2D eigenvalue weighted by atomic mass is 32.2. The van der Waals surface area contributed by atoms with Gasteiger partial charge in [0.05, 0.1) is 0 Å². The van der Waals surface area contributed by atoms with Crippen molar-refractivity contribution in [3.8, 4) is 0 Å². The van der Waals surface area contributed by atoms with Crippen molar-refractivity contribution in [3.63, 3.8) is 0 Å². The summed E-state index contributed by atoms with van der Waals surface area (Å²) in [5.74, 6) is 0.857. The van der Waals surface area contributed by atoms with E-state index in [4.69, 9.17) is 0 Å². The number of thiol groups is 1. The molecule has 0 aliphatic carbocycles. The predicted octanol–water partition coefficient (Wildman–Crippen LogP) is 3.91. The number of hydrogen-bond acceptors (Lipinski definition) is 1. The van der Waals surface area contributed by atoms with Crippen LogP contribution in [0, 0.1) is 0 Å². The van der Waals surface area contributed by atoms with Gasteiger partial charge in [-0.15, -0.1) is 0 Å². The van der Waals surface area contributed by atoms with Gasteiger partial charge >= 0.3 is 0 Å². The molecule has 0 saturated heterocycles. The summed E-state index contributed by atoms with van der Waals surface area (Å²) >= 11 is 0. The smallest absolute Gasteiger partial charge is 0.171 e. The van der Waals surface area contributed by atoms with Crippen LogP contribution in [-0.4, -0.2) is 11.5 Å². The zero-order chi connectivity index (χ0) is 12.4. The Morgan fingerprint density at radius 1 is 0.944 bits per heavy atom. The summed E-state index contributed by atoms with van der Waals surface area (Å²) in [4.78, 5) is 13.5. The molecule has 1 atom stereocenters. The minimum absolute atomic E-state index is 0.239. The largest absolute Gasteiger partial charge is 0.293 e. The third-order valence-corrected chi connectivity index (χ3v) is 5.25. The Morgan fingerprint density at radius 2 is 1.67 bits per heavy atom. The lowest BCUT2D eigenvalue weighted by Gasteiger charge is -2.14. The second-order valence-corrected chi connectivity index (χ2v) is 6.33. The van der Waals surface area contributed by atoms with Gasteiger partial charge in [0, 0.05) is 11.3 Å². The van der Waals surface area contributed by atoms with Crippen LogP contribution in [0.15, 0.2) is 64.9 Å². The van der Waals surface area contributed by atoms with Crippen LogP contribution < -0.4 is 0 Å². The van der Waals surface area contributed by atoms with Crippen molar-refractivity contribution in [1.29, 1.82) is 0 Å². The van der Waals surface area contributed by atoms with Gasteiger partial charge in [0.1, 0.15) is 0 Å². The van der Waals surface area contributed by atoms with E-state index in [-0.39, 0.29) is 5.78 Å². The van der Waals surface area contributed by atoms with Crippen molar-refractivity contribution in [2.75, 3.05) is 5.75 Å². The number of carbonyl (C=O) groups excluding carboxylic acids is 1. The van der Waals surface area contributed by atoms with Gasteiger partial charge < -0.3 is 0 Å². The molecule has 0 amide bonds. The zero-order valence-corrected chi connectivity index (χ0v) is 10.8. The number of carbonyl (C=O) groups is 1. The fraction of sp³-hybridized carbons (Fsp3) is 0.0625. The molecule has 18 heavy (non-hydrogen) atoms. The molecular weight excluding hydrogens is 240 g/mol. The average Bonchev–Trinajstić information content (AvgIpc) is 2.83. The van der Waals surface area contributed by atoms with Gasteiger partial charge in [-0.1, -0.05) is 48.5 Å². The van der Waals surface area contributed by atoms with E-state index in [1.165, 1.54) is 10.5 Å². The third kappa shape index (κ3) is 2.12. The van der Waals surface area contributed by atoms with Crippen LogP contribution in [0.5, 0.6) is 0 Å². The average molecular weight is 254 g/mol. The molecule has 0 saturated carbocycles. The molecule has 0 radical (unpaired) electrons. The topological polar surface area (TPSA) is 17.1 Å². The first-order valence-electron chi connectivity index (χ1n) is 5.97. The molecule has 1 aliphatic heterocycles. The third-order valence-electron chi connectivity index (χ3n) is 3.09. The number of hydrogen-bond donors (Lipinski definition) is 1. The first kappa shape index (κ1) is 11.3. The minimum Gasteiger partial charge on any atom is -0.293 e. The predicted molar refractivity (Wildman–Crippen MR) is 78.4 cm³/mol. The quantitative estimate of drug-likeness (QED) is 0.649. The second-order valence-electron chi connectivity index (χ2n) is 4.29. The van der Waals surface area contributed by atoms with Gasteiger partial charge in [0.25, 0.3) is 0 Å². The Morgan fingerprint density at radius 3 is 2.50 bits per heavy atom. The highest BCUT2D eigenvalue weighted by Crippen LogP contribution is 2.45. The van der Waals surface area contributed by atoms with Crippen molar-refractivity contribution in [2.45, 2.75) is 4.90 Å². The molecule has 0 fully saturated rings. The first-order chi connectivity index (χ1) is 8.84. The van der Waals surface area contributed by atoms with E-state index in [1.807, 2.05) is 42.5 Å². The molecule has 1 heterocycles. The summed E-state index contributed by atoms with van der Waals surface area (Å²) in [6.45, 7) is 0. The molecule has 2 aromatic rings. The maximum Gasteiger partial charge on any atom is 0.171 e. The van der Waals surface area contributed by atoms with Crippen LogP contribution in [0.25, 0.3) is 6.08 Å². The van der Waals surface area contributed by atoms with Gasteiger partial charge in [-0.3, -0.25) is 4.79 Å². The zero-order valence-electron chi connectivity index (χ0n) is 9.91. The van der Waals surface area contributed by atoms with Gasteiger partial charge in [0.15, 0.2) is 5.78 Å². The van der Waals surface area contributed by atoms with Gasteiger partial charge in [-0.05, 0) is 28.0 Å².